The Bertz CT molecular complexity index is 342. The normalized spacial score (nSPS) is 18.8. The zero-order valence-corrected chi connectivity index (χ0v) is 10.4. The van der Waals surface area contributed by atoms with Gasteiger partial charge >= 0.3 is 0 Å². The minimum absolute atomic E-state index is 0.210. The van der Waals surface area contributed by atoms with Crippen molar-refractivity contribution in [1.29, 1.82) is 0 Å². The molecule has 0 spiro atoms. The van der Waals surface area contributed by atoms with Crippen molar-refractivity contribution in [3.05, 3.63) is 16.6 Å². The van der Waals surface area contributed by atoms with Gasteiger partial charge in [-0.05, 0) is 32.6 Å². The van der Waals surface area contributed by atoms with E-state index in [0.29, 0.717) is 13.0 Å². The molecule has 0 N–H and O–H groups in total. The number of thiazole rings is 1. The molecule has 1 aromatic heterocycles. The summed E-state index contributed by atoms with van der Waals surface area (Å²) < 4.78 is 5.73. The predicted octanol–water partition coefficient (Wildman–Crippen LogP) is 2.60. The number of carbonyl (C=O) groups is 1. The lowest BCUT2D eigenvalue weighted by Crippen LogP contribution is -2.40. The van der Waals surface area contributed by atoms with Crippen LogP contribution in [0.1, 0.15) is 37.6 Å². The molecule has 88 valence electrons. The predicted molar refractivity (Wildman–Crippen MR) is 63.7 cm³/mol. The lowest BCUT2D eigenvalue weighted by atomic mass is 9.94. The highest BCUT2D eigenvalue weighted by molar-refractivity contribution is 7.09. The molecule has 4 heteroatoms. The van der Waals surface area contributed by atoms with E-state index in [9.17, 15) is 4.79 Å². The molecule has 1 saturated carbocycles. The molecule has 0 bridgehead atoms. The lowest BCUT2D eigenvalue weighted by molar-refractivity contribution is -0.142. The Morgan fingerprint density at radius 3 is 2.88 bits per heavy atom. The van der Waals surface area contributed by atoms with Crippen molar-refractivity contribution < 1.29 is 9.53 Å². The summed E-state index contributed by atoms with van der Waals surface area (Å²) in [5.74, 6) is 0.210. The van der Waals surface area contributed by atoms with E-state index in [0.717, 1.165) is 30.7 Å². The first kappa shape index (κ1) is 11.7. The van der Waals surface area contributed by atoms with Crippen molar-refractivity contribution in [3.8, 4) is 0 Å². The number of hydrogen-bond donors (Lipinski definition) is 0. The Labute approximate surface area is 99.8 Å². The fourth-order valence-electron chi connectivity index (χ4n) is 2.36. The van der Waals surface area contributed by atoms with Gasteiger partial charge in [0.2, 0.25) is 0 Å². The zero-order valence-electron chi connectivity index (χ0n) is 9.57. The summed E-state index contributed by atoms with van der Waals surface area (Å²) in [6.07, 6.45) is 6.14. The van der Waals surface area contributed by atoms with Gasteiger partial charge in [0.15, 0.2) is 5.78 Å². The molecular weight excluding hydrogens is 222 g/mol. The van der Waals surface area contributed by atoms with Crippen LogP contribution in [0.4, 0.5) is 0 Å². The highest BCUT2D eigenvalue weighted by atomic mass is 32.1. The molecule has 0 amide bonds. The van der Waals surface area contributed by atoms with Gasteiger partial charge in [-0.25, -0.2) is 4.98 Å². The number of rotatable bonds is 5. The molecule has 1 fully saturated rings. The SMILES string of the molecule is CCOC1(C(=O)Cc2nccs2)CCCC1. The van der Waals surface area contributed by atoms with Crippen LogP contribution in [-0.2, 0) is 16.0 Å². The van der Waals surface area contributed by atoms with Crippen molar-refractivity contribution in [2.75, 3.05) is 6.61 Å². The van der Waals surface area contributed by atoms with Gasteiger partial charge in [0.25, 0.3) is 0 Å². The molecule has 0 atom stereocenters. The van der Waals surface area contributed by atoms with Crippen LogP contribution in [0.5, 0.6) is 0 Å². The summed E-state index contributed by atoms with van der Waals surface area (Å²) in [5.41, 5.74) is -0.500. The fraction of sp³-hybridized carbons (Fsp3) is 0.667. The monoisotopic (exact) mass is 239 g/mol. The average molecular weight is 239 g/mol. The molecule has 1 aliphatic carbocycles. The quantitative estimate of drug-likeness (QED) is 0.793. The Kier molecular flexibility index (Phi) is 3.71. The highest BCUT2D eigenvalue weighted by Gasteiger charge is 2.41. The summed E-state index contributed by atoms with van der Waals surface area (Å²) in [4.78, 5) is 16.4. The first-order valence-corrected chi connectivity index (χ1v) is 6.70. The fourth-order valence-corrected chi connectivity index (χ4v) is 2.98. The van der Waals surface area contributed by atoms with Crippen LogP contribution >= 0.6 is 11.3 Å². The van der Waals surface area contributed by atoms with Crippen LogP contribution in [0.25, 0.3) is 0 Å². The second-order valence-corrected chi connectivity index (χ2v) is 5.14. The maximum Gasteiger partial charge on any atom is 0.171 e. The first-order chi connectivity index (χ1) is 7.77. The van der Waals surface area contributed by atoms with Gasteiger partial charge in [-0.15, -0.1) is 11.3 Å². The van der Waals surface area contributed by atoms with Gasteiger partial charge in [-0.2, -0.15) is 0 Å². The molecule has 1 aliphatic rings. The molecule has 0 radical (unpaired) electrons. The van der Waals surface area contributed by atoms with E-state index in [1.54, 1.807) is 6.20 Å². The van der Waals surface area contributed by atoms with E-state index in [1.807, 2.05) is 12.3 Å². The Balaban J connectivity index is 2.05. The molecule has 16 heavy (non-hydrogen) atoms. The Morgan fingerprint density at radius 2 is 2.31 bits per heavy atom. The third-order valence-electron chi connectivity index (χ3n) is 3.14. The first-order valence-electron chi connectivity index (χ1n) is 5.82. The third-order valence-corrected chi connectivity index (χ3v) is 3.91. The summed E-state index contributed by atoms with van der Waals surface area (Å²) in [6, 6.07) is 0. The average Bonchev–Trinajstić information content (AvgIpc) is 2.89. The van der Waals surface area contributed by atoms with Crippen molar-refractivity contribution in [1.82, 2.24) is 4.98 Å². The molecule has 0 aliphatic heterocycles. The van der Waals surface area contributed by atoms with Crippen LogP contribution in [0, 0.1) is 0 Å². The number of aromatic nitrogens is 1. The van der Waals surface area contributed by atoms with Gasteiger partial charge in [0, 0.05) is 18.2 Å². The van der Waals surface area contributed by atoms with E-state index in [4.69, 9.17) is 4.74 Å². The second-order valence-electron chi connectivity index (χ2n) is 4.16. The van der Waals surface area contributed by atoms with E-state index >= 15 is 0 Å². The number of carbonyl (C=O) groups excluding carboxylic acids is 1. The topological polar surface area (TPSA) is 39.2 Å². The van der Waals surface area contributed by atoms with Crippen molar-refractivity contribution in [3.63, 3.8) is 0 Å². The molecule has 0 saturated heterocycles. The molecule has 2 rings (SSSR count). The number of hydrogen-bond acceptors (Lipinski definition) is 4. The van der Waals surface area contributed by atoms with E-state index in [-0.39, 0.29) is 5.78 Å². The van der Waals surface area contributed by atoms with Crippen LogP contribution in [-0.4, -0.2) is 23.0 Å². The van der Waals surface area contributed by atoms with E-state index < -0.39 is 5.60 Å². The summed E-state index contributed by atoms with van der Waals surface area (Å²) in [6.45, 7) is 2.57. The Hall–Kier alpha value is -0.740. The number of nitrogens with zero attached hydrogens (tertiary/aromatic N) is 1. The largest absolute Gasteiger partial charge is 0.367 e. The molecular formula is C12H17NO2S. The van der Waals surface area contributed by atoms with Crippen LogP contribution in [0.2, 0.25) is 0 Å². The minimum Gasteiger partial charge on any atom is -0.367 e. The number of ketones is 1. The molecule has 0 aromatic carbocycles. The second kappa shape index (κ2) is 5.06. The Morgan fingerprint density at radius 1 is 1.56 bits per heavy atom. The van der Waals surface area contributed by atoms with E-state index in [2.05, 4.69) is 4.98 Å². The number of Topliss-reactive ketones (excluding diaryl/α,β-unsaturated/α-hetero) is 1. The maximum atomic E-state index is 12.3. The van der Waals surface area contributed by atoms with Crippen molar-refractivity contribution in [2.24, 2.45) is 0 Å². The van der Waals surface area contributed by atoms with Gasteiger partial charge in [0.05, 0.1) is 11.4 Å². The van der Waals surface area contributed by atoms with Crippen molar-refractivity contribution in [2.45, 2.75) is 44.6 Å². The molecule has 3 nitrogen and oxygen atoms in total. The third kappa shape index (κ3) is 2.33. The summed E-state index contributed by atoms with van der Waals surface area (Å²) >= 11 is 1.54. The van der Waals surface area contributed by atoms with Crippen LogP contribution < -0.4 is 0 Å². The smallest absolute Gasteiger partial charge is 0.171 e. The molecule has 1 heterocycles. The lowest BCUT2D eigenvalue weighted by Gasteiger charge is -2.26. The van der Waals surface area contributed by atoms with Gasteiger partial charge in [-0.3, -0.25) is 4.79 Å². The maximum absolute atomic E-state index is 12.3. The van der Waals surface area contributed by atoms with Crippen molar-refractivity contribution >= 4 is 17.1 Å². The molecule has 0 unspecified atom stereocenters. The van der Waals surface area contributed by atoms with Gasteiger partial charge in [-0.1, -0.05) is 0 Å². The van der Waals surface area contributed by atoms with Gasteiger partial charge < -0.3 is 4.74 Å². The van der Waals surface area contributed by atoms with Gasteiger partial charge in [0.1, 0.15) is 5.60 Å². The van der Waals surface area contributed by atoms with E-state index in [1.165, 1.54) is 11.3 Å². The minimum atomic E-state index is -0.500. The van der Waals surface area contributed by atoms with Crippen LogP contribution in [0.3, 0.4) is 0 Å². The summed E-state index contributed by atoms with van der Waals surface area (Å²) in [7, 11) is 0. The summed E-state index contributed by atoms with van der Waals surface area (Å²) in [5, 5.41) is 2.81. The highest BCUT2D eigenvalue weighted by Crippen LogP contribution is 2.35. The molecule has 1 aromatic rings. The zero-order chi connectivity index (χ0) is 11.4. The standard InChI is InChI=1S/C12H17NO2S/c1-2-15-12(5-3-4-6-12)10(14)9-11-13-7-8-16-11/h7-8H,2-6,9H2,1H3. The van der Waals surface area contributed by atoms with Crippen LogP contribution in [0.15, 0.2) is 11.6 Å². The number of ether oxygens (including phenoxy) is 1.